The van der Waals surface area contributed by atoms with Gasteiger partial charge in [0.15, 0.2) is 0 Å². The fraction of sp³-hybridized carbons (Fsp3) is 0.556. The first-order valence-electron chi connectivity index (χ1n) is 8.66. The molecule has 0 aliphatic heterocycles. The number of nitrogens with two attached hydrogens (primary N) is 1. The fourth-order valence-electron chi connectivity index (χ4n) is 3.90. The van der Waals surface area contributed by atoms with Crippen molar-refractivity contribution in [3.05, 3.63) is 29.6 Å². The molecule has 0 atom stereocenters. The van der Waals surface area contributed by atoms with E-state index in [0.717, 1.165) is 42.8 Å². The zero-order valence-electron chi connectivity index (χ0n) is 14.0. The van der Waals surface area contributed by atoms with Gasteiger partial charge in [-0.05, 0) is 50.9 Å². The van der Waals surface area contributed by atoms with Crippen LogP contribution in [-0.4, -0.2) is 39.9 Å². The number of H-pyrrole nitrogens is 1. The molecule has 3 N–H and O–H groups in total. The minimum atomic E-state index is -0.406. The topological polar surface area (TPSA) is 75.0 Å². The van der Waals surface area contributed by atoms with Gasteiger partial charge < -0.3 is 15.6 Å². The average molecular weight is 314 g/mol. The van der Waals surface area contributed by atoms with Gasteiger partial charge in [-0.3, -0.25) is 4.79 Å². The second-order valence-corrected chi connectivity index (χ2v) is 6.41. The molecule has 1 aromatic carbocycles. The van der Waals surface area contributed by atoms with E-state index >= 15 is 0 Å². The van der Waals surface area contributed by atoms with Gasteiger partial charge in [0.2, 0.25) is 0 Å². The monoisotopic (exact) mass is 314 g/mol. The predicted molar refractivity (Wildman–Crippen MR) is 92.5 cm³/mol. The molecule has 1 fully saturated rings. The van der Waals surface area contributed by atoms with Crippen LogP contribution in [0, 0.1) is 0 Å². The number of rotatable bonds is 5. The number of hydrogen-bond donors (Lipinski definition) is 2. The molecule has 0 radical (unpaired) electrons. The lowest BCUT2D eigenvalue weighted by atomic mass is 9.85. The van der Waals surface area contributed by atoms with Gasteiger partial charge in [0, 0.05) is 12.0 Å². The number of nitrogens with one attached hydrogen (secondary N) is 1. The Bertz CT molecular complexity index is 681. The van der Waals surface area contributed by atoms with E-state index in [1.165, 1.54) is 12.8 Å². The average Bonchev–Trinajstić information content (AvgIpc) is 3.00. The second-order valence-electron chi connectivity index (χ2n) is 6.41. The molecule has 0 spiro atoms. The van der Waals surface area contributed by atoms with Crippen LogP contribution in [0.4, 0.5) is 0 Å². The van der Waals surface area contributed by atoms with Crippen molar-refractivity contribution in [1.29, 1.82) is 0 Å². The lowest BCUT2D eigenvalue weighted by molar-refractivity contribution is 0.100. The van der Waals surface area contributed by atoms with Gasteiger partial charge in [-0.1, -0.05) is 19.9 Å². The summed E-state index contributed by atoms with van der Waals surface area (Å²) in [5, 5.41) is 0. The Morgan fingerprint density at radius 1 is 1.26 bits per heavy atom. The zero-order chi connectivity index (χ0) is 16.4. The van der Waals surface area contributed by atoms with Crippen LogP contribution >= 0.6 is 0 Å². The number of primary amides is 1. The van der Waals surface area contributed by atoms with Gasteiger partial charge in [0.25, 0.3) is 5.91 Å². The molecule has 0 saturated heterocycles. The highest BCUT2D eigenvalue weighted by Crippen LogP contribution is 2.34. The van der Waals surface area contributed by atoms with Crippen LogP contribution in [0.3, 0.4) is 0 Å². The van der Waals surface area contributed by atoms with Crippen molar-refractivity contribution < 1.29 is 4.79 Å². The van der Waals surface area contributed by atoms with E-state index < -0.39 is 5.91 Å². The number of carbonyl (C=O) groups excluding carboxylic acids is 1. The Balaban J connectivity index is 1.77. The summed E-state index contributed by atoms with van der Waals surface area (Å²) >= 11 is 0. The molecule has 1 aromatic heterocycles. The quantitative estimate of drug-likeness (QED) is 0.890. The largest absolute Gasteiger partial charge is 0.366 e. The first kappa shape index (κ1) is 16.0. The molecule has 1 saturated carbocycles. The van der Waals surface area contributed by atoms with Crippen LogP contribution in [0.15, 0.2) is 18.2 Å². The molecule has 5 heteroatoms. The van der Waals surface area contributed by atoms with Crippen molar-refractivity contribution in [2.45, 2.75) is 51.5 Å². The van der Waals surface area contributed by atoms with Gasteiger partial charge >= 0.3 is 0 Å². The van der Waals surface area contributed by atoms with Gasteiger partial charge in [0.1, 0.15) is 5.82 Å². The molecule has 3 rings (SSSR count). The highest BCUT2D eigenvalue weighted by molar-refractivity contribution is 6.04. The fourth-order valence-corrected chi connectivity index (χ4v) is 3.90. The molecule has 1 heterocycles. The van der Waals surface area contributed by atoms with E-state index in [1.807, 2.05) is 12.1 Å². The van der Waals surface area contributed by atoms with E-state index in [0.29, 0.717) is 17.5 Å². The molecule has 0 unspecified atom stereocenters. The van der Waals surface area contributed by atoms with E-state index in [-0.39, 0.29) is 0 Å². The number of nitrogens with zero attached hydrogens (tertiary/aromatic N) is 2. The van der Waals surface area contributed by atoms with Crippen LogP contribution in [0.5, 0.6) is 0 Å². The SMILES string of the molecule is CCN(CC)[C@H]1CC[C@H](c2nc3cccc(C(N)=O)c3[nH]2)CC1. The maximum atomic E-state index is 11.6. The second kappa shape index (κ2) is 6.71. The van der Waals surface area contributed by atoms with Crippen molar-refractivity contribution >= 4 is 16.9 Å². The minimum absolute atomic E-state index is 0.406. The third-order valence-electron chi connectivity index (χ3n) is 5.21. The lowest BCUT2D eigenvalue weighted by Crippen LogP contribution is -2.37. The molecule has 124 valence electrons. The summed E-state index contributed by atoms with van der Waals surface area (Å²) in [6.07, 6.45) is 4.72. The summed E-state index contributed by atoms with van der Waals surface area (Å²) < 4.78 is 0. The minimum Gasteiger partial charge on any atom is -0.366 e. The normalized spacial score (nSPS) is 21.9. The van der Waals surface area contributed by atoms with Gasteiger partial charge in [-0.25, -0.2) is 4.98 Å². The number of amides is 1. The Morgan fingerprint density at radius 2 is 1.96 bits per heavy atom. The molecular formula is C18H26N4O. The van der Waals surface area contributed by atoms with Crippen LogP contribution in [0.1, 0.15) is 61.6 Å². The number of hydrogen-bond acceptors (Lipinski definition) is 3. The number of aromatic amines is 1. The molecule has 5 nitrogen and oxygen atoms in total. The van der Waals surface area contributed by atoms with Gasteiger partial charge in [-0.2, -0.15) is 0 Å². The highest BCUT2D eigenvalue weighted by atomic mass is 16.1. The third kappa shape index (κ3) is 3.11. The summed E-state index contributed by atoms with van der Waals surface area (Å²) in [6, 6.07) is 6.23. The molecule has 23 heavy (non-hydrogen) atoms. The molecule has 1 aliphatic rings. The summed E-state index contributed by atoms with van der Waals surface area (Å²) in [5.74, 6) is 1.05. The van der Waals surface area contributed by atoms with Crippen molar-refractivity contribution in [1.82, 2.24) is 14.9 Å². The molecular weight excluding hydrogens is 288 g/mol. The van der Waals surface area contributed by atoms with Crippen LogP contribution < -0.4 is 5.73 Å². The number of imidazole rings is 1. The van der Waals surface area contributed by atoms with Crippen molar-refractivity contribution in [2.75, 3.05) is 13.1 Å². The first-order chi connectivity index (χ1) is 11.1. The number of carbonyl (C=O) groups is 1. The smallest absolute Gasteiger partial charge is 0.250 e. The predicted octanol–water partition coefficient (Wildman–Crippen LogP) is 3.03. The van der Waals surface area contributed by atoms with E-state index in [1.54, 1.807) is 6.07 Å². The lowest BCUT2D eigenvalue weighted by Gasteiger charge is -2.35. The number of benzene rings is 1. The van der Waals surface area contributed by atoms with Crippen LogP contribution in [-0.2, 0) is 0 Å². The maximum absolute atomic E-state index is 11.6. The van der Waals surface area contributed by atoms with Crippen LogP contribution in [0.25, 0.3) is 11.0 Å². The standard InChI is InChI=1S/C18H26N4O/c1-3-22(4-2)13-10-8-12(9-11-13)18-20-15-7-5-6-14(17(19)23)16(15)21-18/h5-7,12-13H,3-4,8-11H2,1-2H3,(H2,19,23)(H,20,21)/t12-,13-. The Labute approximate surface area is 137 Å². The molecule has 2 aromatic rings. The summed E-state index contributed by atoms with van der Waals surface area (Å²) in [5.41, 5.74) is 7.60. The molecule has 1 amide bonds. The highest BCUT2D eigenvalue weighted by Gasteiger charge is 2.27. The maximum Gasteiger partial charge on any atom is 0.250 e. The van der Waals surface area contributed by atoms with Crippen molar-refractivity contribution in [3.8, 4) is 0 Å². The summed E-state index contributed by atoms with van der Waals surface area (Å²) in [7, 11) is 0. The summed E-state index contributed by atoms with van der Waals surface area (Å²) in [6.45, 7) is 6.72. The van der Waals surface area contributed by atoms with Gasteiger partial charge in [0.05, 0.1) is 16.6 Å². The Hall–Kier alpha value is -1.88. The van der Waals surface area contributed by atoms with E-state index in [2.05, 4.69) is 23.7 Å². The Kier molecular flexibility index (Phi) is 4.66. The number of fused-ring (bicyclic) bond motifs is 1. The molecule has 0 bridgehead atoms. The van der Waals surface area contributed by atoms with Crippen molar-refractivity contribution in [3.63, 3.8) is 0 Å². The number of aromatic nitrogens is 2. The number of para-hydroxylation sites is 1. The van der Waals surface area contributed by atoms with E-state index in [4.69, 9.17) is 10.7 Å². The summed E-state index contributed by atoms with van der Waals surface area (Å²) in [4.78, 5) is 22.2. The first-order valence-corrected chi connectivity index (χ1v) is 8.66. The third-order valence-corrected chi connectivity index (χ3v) is 5.21. The van der Waals surface area contributed by atoms with Crippen molar-refractivity contribution in [2.24, 2.45) is 5.73 Å². The van der Waals surface area contributed by atoms with Crippen LogP contribution in [0.2, 0.25) is 0 Å². The Morgan fingerprint density at radius 3 is 2.57 bits per heavy atom. The zero-order valence-corrected chi connectivity index (χ0v) is 14.0. The van der Waals surface area contributed by atoms with Gasteiger partial charge in [-0.15, -0.1) is 0 Å². The molecule has 1 aliphatic carbocycles. The van der Waals surface area contributed by atoms with E-state index in [9.17, 15) is 4.79 Å².